The van der Waals surface area contributed by atoms with Crippen molar-refractivity contribution in [3.05, 3.63) is 72.9 Å². The van der Waals surface area contributed by atoms with Crippen LogP contribution in [-0.4, -0.2) is 37.2 Å². The summed E-state index contributed by atoms with van der Waals surface area (Å²) in [5, 5.41) is 0. The van der Waals surface area contributed by atoms with Gasteiger partial charge in [0.25, 0.3) is 0 Å². The Labute approximate surface area is 370 Å². The lowest BCUT2D eigenvalue weighted by Crippen LogP contribution is -2.30. The third-order valence-corrected chi connectivity index (χ3v) is 10.5. The summed E-state index contributed by atoms with van der Waals surface area (Å²) in [6.45, 7) is 6.41. The van der Waals surface area contributed by atoms with Crippen molar-refractivity contribution < 1.29 is 28.6 Å². The van der Waals surface area contributed by atoms with Crippen LogP contribution in [0.3, 0.4) is 0 Å². The third-order valence-electron chi connectivity index (χ3n) is 10.5. The monoisotopic (exact) mass is 837 g/mol. The van der Waals surface area contributed by atoms with Crippen molar-refractivity contribution in [2.45, 2.75) is 239 Å². The fourth-order valence-corrected chi connectivity index (χ4v) is 6.75. The summed E-state index contributed by atoms with van der Waals surface area (Å²) in [4.78, 5) is 37.8. The molecule has 0 aliphatic rings. The minimum absolute atomic E-state index is 0.0977. The van der Waals surface area contributed by atoms with E-state index in [0.717, 1.165) is 70.6 Å². The fraction of sp³-hybridized carbons (Fsp3) is 0.722. The first kappa shape index (κ1) is 56.9. The van der Waals surface area contributed by atoms with E-state index in [1.165, 1.54) is 122 Å². The van der Waals surface area contributed by atoms with E-state index >= 15 is 0 Å². The van der Waals surface area contributed by atoms with Crippen LogP contribution in [0, 0.1) is 0 Å². The summed E-state index contributed by atoms with van der Waals surface area (Å²) in [5.41, 5.74) is 0. The van der Waals surface area contributed by atoms with Crippen molar-refractivity contribution in [2.24, 2.45) is 0 Å². The molecule has 0 rings (SSSR count). The summed E-state index contributed by atoms with van der Waals surface area (Å²) in [7, 11) is 0. The number of ether oxygens (including phenoxy) is 3. The molecule has 0 amide bonds. The van der Waals surface area contributed by atoms with E-state index in [4.69, 9.17) is 14.2 Å². The van der Waals surface area contributed by atoms with Crippen molar-refractivity contribution in [2.75, 3.05) is 13.2 Å². The lowest BCUT2D eigenvalue weighted by molar-refractivity contribution is -0.166. The number of rotatable bonds is 44. The molecule has 60 heavy (non-hydrogen) atoms. The van der Waals surface area contributed by atoms with E-state index in [2.05, 4.69) is 81.5 Å². The Morgan fingerprint density at radius 1 is 0.367 bits per heavy atom. The van der Waals surface area contributed by atoms with Crippen molar-refractivity contribution in [3.8, 4) is 0 Å². The van der Waals surface area contributed by atoms with Crippen LogP contribution in [0.4, 0.5) is 0 Å². The molecule has 0 heterocycles. The highest BCUT2D eigenvalue weighted by atomic mass is 16.6. The van der Waals surface area contributed by atoms with E-state index in [1.54, 1.807) is 6.08 Å². The Morgan fingerprint density at radius 3 is 1.08 bits per heavy atom. The van der Waals surface area contributed by atoms with Crippen LogP contribution in [0.25, 0.3) is 0 Å². The smallest absolute Gasteiger partial charge is 0.310 e. The van der Waals surface area contributed by atoms with Crippen molar-refractivity contribution in [1.82, 2.24) is 0 Å². The molecule has 6 heteroatoms. The summed E-state index contributed by atoms with van der Waals surface area (Å²) in [5.74, 6) is -1.05. The topological polar surface area (TPSA) is 78.9 Å². The standard InChI is InChI=1S/C54H92O6/c1-4-7-10-13-16-19-22-24-26-27-29-30-32-35-38-41-44-47-53(56)59-50-51(49-58-52(55)46-43-40-37-34-21-18-15-12-9-6-3)60-54(57)48-45-42-39-36-33-31-28-25-23-20-17-14-11-8-5-2/h8,11,17,20,24-26,28,33,36,42,45,51H,4-7,9-10,12-16,18-19,21-23,27,29-32,34-35,37-41,43-44,46-50H2,1-3H3/b11-8-,20-17-,26-24-,28-25-,36-33-,45-42-. The molecule has 0 saturated heterocycles. The molecule has 1 unspecified atom stereocenters. The zero-order valence-corrected chi connectivity index (χ0v) is 39.2. The first-order chi connectivity index (χ1) is 29.5. The minimum atomic E-state index is -0.828. The molecule has 344 valence electrons. The molecule has 0 aromatic rings. The molecule has 0 aromatic heterocycles. The maximum absolute atomic E-state index is 12.7. The summed E-state index contributed by atoms with van der Waals surface area (Å²) in [6.07, 6.45) is 60.5. The fourth-order valence-electron chi connectivity index (χ4n) is 6.75. The largest absolute Gasteiger partial charge is 0.462 e. The number of unbranched alkanes of at least 4 members (excludes halogenated alkanes) is 22. The van der Waals surface area contributed by atoms with Gasteiger partial charge in [-0.1, -0.05) is 216 Å². The molecule has 0 N–H and O–H groups in total. The molecule has 0 radical (unpaired) electrons. The Hall–Kier alpha value is -3.15. The minimum Gasteiger partial charge on any atom is -0.462 e. The van der Waals surface area contributed by atoms with Gasteiger partial charge in [0.1, 0.15) is 13.2 Å². The van der Waals surface area contributed by atoms with Gasteiger partial charge >= 0.3 is 17.9 Å². The van der Waals surface area contributed by atoms with Gasteiger partial charge in [-0.3, -0.25) is 14.4 Å². The first-order valence-corrected chi connectivity index (χ1v) is 24.9. The Morgan fingerprint density at radius 2 is 0.700 bits per heavy atom. The highest BCUT2D eigenvalue weighted by molar-refractivity contribution is 5.72. The van der Waals surface area contributed by atoms with Crippen LogP contribution in [0.15, 0.2) is 72.9 Å². The van der Waals surface area contributed by atoms with Crippen molar-refractivity contribution in [1.29, 1.82) is 0 Å². The number of allylic oxidation sites excluding steroid dienone is 11. The molecule has 0 bridgehead atoms. The molecule has 0 spiro atoms. The van der Waals surface area contributed by atoms with Crippen LogP contribution < -0.4 is 0 Å². The van der Waals surface area contributed by atoms with E-state index in [9.17, 15) is 14.4 Å². The number of carbonyl (C=O) groups excluding carboxylic acids is 3. The van der Waals surface area contributed by atoms with E-state index in [-0.39, 0.29) is 31.6 Å². The van der Waals surface area contributed by atoms with Crippen LogP contribution in [0.1, 0.15) is 233 Å². The Bertz CT molecular complexity index is 1140. The van der Waals surface area contributed by atoms with Gasteiger partial charge in [-0.15, -0.1) is 0 Å². The van der Waals surface area contributed by atoms with Crippen molar-refractivity contribution >= 4 is 17.9 Å². The van der Waals surface area contributed by atoms with Crippen LogP contribution in [-0.2, 0) is 28.6 Å². The Balaban J connectivity index is 4.47. The second-order valence-electron chi connectivity index (χ2n) is 16.4. The lowest BCUT2D eigenvalue weighted by atomic mass is 10.1. The maximum atomic E-state index is 12.7. The van der Waals surface area contributed by atoms with E-state index < -0.39 is 12.1 Å². The SMILES string of the molecule is CC/C=C\C/C=C\C/C=C\C/C=C\C/C=C\CC(=O)OC(COC(=O)CCCCCCCCC/C=C\CCCCCCCC)COC(=O)CCCCCCCCCCCC. The van der Waals surface area contributed by atoms with Gasteiger partial charge in [0.05, 0.1) is 6.42 Å². The molecule has 0 aliphatic heterocycles. The first-order valence-electron chi connectivity index (χ1n) is 24.9. The second kappa shape index (κ2) is 48.5. The highest BCUT2D eigenvalue weighted by Gasteiger charge is 2.19. The van der Waals surface area contributed by atoms with E-state index in [0.29, 0.717) is 12.8 Å². The summed E-state index contributed by atoms with van der Waals surface area (Å²) < 4.78 is 16.6. The predicted molar refractivity (Wildman–Crippen MR) is 256 cm³/mol. The molecule has 6 nitrogen and oxygen atoms in total. The van der Waals surface area contributed by atoms with Crippen LogP contribution in [0.5, 0.6) is 0 Å². The molecule has 1 atom stereocenters. The predicted octanol–water partition coefficient (Wildman–Crippen LogP) is 16.3. The van der Waals surface area contributed by atoms with Gasteiger partial charge in [0, 0.05) is 12.8 Å². The van der Waals surface area contributed by atoms with Gasteiger partial charge in [0.2, 0.25) is 0 Å². The van der Waals surface area contributed by atoms with Gasteiger partial charge in [-0.25, -0.2) is 0 Å². The van der Waals surface area contributed by atoms with E-state index in [1.807, 2.05) is 6.08 Å². The molecular weight excluding hydrogens is 745 g/mol. The Kier molecular flexibility index (Phi) is 46.0. The average molecular weight is 837 g/mol. The average Bonchev–Trinajstić information content (AvgIpc) is 3.24. The van der Waals surface area contributed by atoms with Crippen molar-refractivity contribution in [3.63, 3.8) is 0 Å². The van der Waals surface area contributed by atoms with Gasteiger partial charge in [-0.2, -0.15) is 0 Å². The number of hydrogen-bond acceptors (Lipinski definition) is 6. The lowest BCUT2D eigenvalue weighted by Gasteiger charge is -2.18. The van der Waals surface area contributed by atoms with Crippen LogP contribution >= 0.6 is 0 Å². The zero-order chi connectivity index (χ0) is 43.7. The number of carbonyl (C=O) groups is 3. The molecule has 0 aromatic carbocycles. The van der Waals surface area contributed by atoms with Gasteiger partial charge < -0.3 is 14.2 Å². The molecular formula is C54H92O6. The summed E-state index contributed by atoms with van der Waals surface area (Å²) >= 11 is 0. The normalized spacial score (nSPS) is 12.7. The quantitative estimate of drug-likeness (QED) is 0.0263. The third kappa shape index (κ3) is 45.9. The molecule has 0 aliphatic carbocycles. The zero-order valence-electron chi connectivity index (χ0n) is 39.2. The number of hydrogen-bond donors (Lipinski definition) is 0. The van der Waals surface area contributed by atoms with Crippen LogP contribution in [0.2, 0.25) is 0 Å². The highest BCUT2D eigenvalue weighted by Crippen LogP contribution is 2.14. The number of esters is 3. The maximum Gasteiger partial charge on any atom is 0.310 e. The summed E-state index contributed by atoms with van der Waals surface area (Å²) in [6, 6.07) is 0. The van der Waals surface area contributed by atoms with Gasteiger partial charge in [0.15, 0.2) is 6.10 Å². The van der Waals surface area contributed by atoms with Gasteiger partial charge in [-0.05, 0) is 70.6 Å². The molecule has 0 fully saturated rings. The molecule has 0 saturated carbocycles. The second-order valence-corrected chi connectivity index (χ2v) is 16.4.